The van der Waals surface area contributed by atoms with Crippen LogP contribution in [0.3, 0.4) is 0 Å². The molecule has 0 saturated carbocycles. The average molecular weight is 552 g/mol. The molecule has 4 aromatic carbocycles. The second-order valence-electron chi connectivity index (χ2n) is 10.0. The van der Waals surface area contributed by atoms with E-state index in [9.17, 15) is 24.3 Å². The Labute approximate surface area is 236 Å². The molecule has 1 heterocycles. The summed E-state index contributed by atoms with van der Waals surface area (Å²) >= 11 is 0. The quantitative estimate of drug-likeness (QED) is 0.219. The standard InChI is InChI=1S/C32H29N3O6/c33-26(15-20-10-11-21-8-4-5-9-22(21)14-20)27(37)17-24(36)16-23-12-13-25-28(31(39)35-30(25)38)29(23)34-32(40)41-18-19-6-2-1-3-7-19/h1-14,24,26,36H,15-18,33H2,(H,34,40)(H,35,38,39)/t24?,26-/m0/s1. The highest BCUT2D eigenvalue weighted by molar-refractivity contribution is 6.24. The summed E-state index contributed by atoms with van der Waals surface area (Å²) in [5, 5.41) is 17.7. The number of amides is 3. The summed E-state index contributed by atoms with van der Waals surface area (Å²) in [7, 11) is 0. The molecule has 0 saturated heterocycles. The monoisotopic (exact) mass is 551 g/mol. The molecule has 9 nitrogen and oxygen atoms in total. The molecule has 1 aliphatic heterocycles. The van der Waals surface area contributed by atoms with Gasteiger partial charge in [-0.3, -0.25) is 25.0 Å². The highest BCUT2D eigenvalue weighted by Crippen LogP contribution is 2.30. The molecule has 208 valence electrons. The van der Waals surface area contributed by atoms with Crippen LogP contribution in [-0.4, -0.2) is 40.9 Å². The molecule has 0 radical (unpaired) electrons. The van der Waals surface area contributed by atoms with Crippen molar-refractivity contribution in [3.05, 3.63) is 113 Å². The van der Waals surface area contributed by atoms with Gasteiger partial charge in [0, 0.05) is 12.8 Å². The first-order valence-corrected chi connectivity index (χ1v) is 13.2. The number of imide groups is 1. The third-order valence-electron chi connectivity index (χ3n) is 7.01. The fourth-order valence-corrected chi connectivity index (χ4v) is 4.92. The van der Waals surface area contributed by atoms with Crippen LogP contribution in [0.1, 0.15) is 43.8 Å². The van der Waals surface area contributed by atoms with Gasteiger partial charge in [-0.05, 0) is 39.9 Å². The Morgan fingerprint density at radius 1 is 0.854 bits per heavy atom. The van der Waals surface area contributed by atoms with Crippen LogP contribution in [0, 0.1) is 0 Å². The van der Waals surface area contributed by atoms with E-state index in [4.69, 9.17) is 10.5 Å². The number of hydrogen-bond donors (Lipinski definition) is 4. The Hall–Kier alpha value is -4.86. The Balaban J connectivity index is 1.27. The van der Waals surface area contributed by atoms with Crippen molar-refractivity contribution < 1.29 is 29.0 Å². The minimum absolute atomic E-state index is 0.00557. The lowest BCUT2D eigenvalue weighted by Crippen LogP contribution is -2.35. The summed E-state index contributed by atoms with van der Waals surface area (Å²) in [5.74, 6) is -1.59. The van der Waals surface area contributed by atoms with Gasteiger partial charge in [0.2, 0.25) is 0 Å². The van der Waals surface area contributed by atoms with Gasteiger partial charge in [-0.25, -0.2) is 4.79 Å². The maximum Gasteiger partial charge on any atom is 0.411 e. The first-order chi connectivity index (χ1) is 19.8. The molecule has 5 rings (SSSR count). The number of rotatable bonds is 10. The topological polar surface area (TPSA) is 148 Å². The fourth-order valence-electron chi connectivity index (χ4n) is 4.92. The van der Waals surface area contributed by atoms with Crippen molar-refractivity contribution in [1.29, 1.82) is 0 Å². The first-order valence-electron chi connectivity index (χ1n) is 13.2. The summed E-state index contributed by atoms with van der Waals surface area (Å²) in [6.45, 7) is -0.00557. The number of carbonyl (C=O) groups is 4. The van der Waals surface area contributed by atoms with Crippen molar-refractivity contribution in [1.82, 2.24) is 5.32 Å². The Morgan fingerprint density at radius 2 is 1.59 bits per heavy atom. The van der Waals surface area contributed by atoms with E-state index in [1.54, 1.807) is 12.1 Å². The number of carbonyl (C=O) groups excluding carboxylic acids is 4. The molecule has 0 bridgehead atoms. The molecule has 4 aromatic rings. The molecule has 2 atom stereocenters. The van der Waals surface area contributed by atoms with Crippen LogP contribution in [-0.2, 0) is 29.0 Å². The summed E-state index contributed by atoms with van der Waals surface area (Å²) in [4.78, 5) is 50.3. The fraction of sp³-hybridized carbons (Fsp3) is 0.188. The SMILES string of the molecule is N[C@@H](Cc1ccc2ccccc2c1)C(=O)CC(O)Cc1ccc2c(c1NC(=O)OCc1ccccc1)C(=O)NC2=O. The van der Waals surface area contributed by atoms with Gasteiger partial charge in [0.1, 0.15) is 6.61 Å². The Bertz CT molecular complexity index is 1640. The molecule has 5 N–H and O–H groups in total. The van der Waals surface area contributed by atoms with Gasteiger partial charge in [0.25, 0.3) is 11.8 Å². The molecule has 41 heavy (non-hydrogen) atoms. The van der Waals surface area contributed by atoms with Gasteiger partial charge in [-0.2, -0.15) is 0 Å². The lowest BCUT2D eigenvalue weighted by Gasteiger charge is -2.18. The van der Waals surface area contributed by atoms with Crippen molar-refractivity contribution in [2.24, 2.45) is 5.73 Å². The summed E-state index contributed by atoms with van der Waals surface area (Å²) in [6, 6.07) is 25.0. The molecule has 1 aliphatic rings. The predicted molar refractivity (Wildman–Crippen MR) is 153 cm³/mol. The van der Waals surface area contributed by atoms with E-state index in [2.05, 4.69) is 10.6 Å². The van der Waals surface area contributed by atoms with Gasteiger partial charge in [-0.15, -0.1) is 0 Å². The van der Waals surface area contributed by atoms with Crippen LogP contribution in [0.5, 0.6) is 0 Å². The van der Waals surface area contributed by atoms with Gasteiger partial charge in [-0.1, -0.05) is 78.9 Å². The zero-order chi connectivity index (χ0) is 28.9. The number of ether oxygens (including phenoxy) is 1. The highest BCUT2D eigenvalue weighted by atomic mass is 16.5. The summed E-state index contributed by atoms with van der Waals surface area (Å²) in [6.07, 6.45) is -1.97. The van der Waals surface area contributed by atoms with E-state index in [-0.39, 0.29) is 42.0 Å². The lowest BCUT2D eigenvalue weighted by atomic mass is 9.94. The van der Waals surface area contributed by atoms with Crippen LogP contribution < -0.4 is 16.4 Å². The maximum absolute atomic E-state index is 12.9. The maximum atomic E-state index is 12.9. The van der Waals surface area contributed by atoms with Crippen LogP contribution in [0.4, 0.5) is 10.5 Å². The van der Waals surface area contributed by atoms with E-state index in [1.165, 1.54) is 12.1 Å². The first kappa shape index (κ1) is 27.7. The predicted octanol–water partition coefficient (Wildman–Crippen LogP) is 3.90. The third-order valence-corrected chi connectivity index (χ3v) is 7.01. The number of fused-ring (bicyclic) bond motifs is 2. The van der Waals surface area contributed by atoms with Crippen molar-refractivity contribution in [2.45, 2.75) is 38.0 Å². The Morgan fingerprint density at radius 3 is 2.37 bits per heavy atom. The van der Waals surface area contributed by atoms with Crippen LogP contribution in [0.15, 0.2) is 84.9 Å². The highest BCUT2D eigenvalue weighted by Gasteiger charge is 2.32. The number of benzene rings is 4. The largest absolute Gasteiger partial charge is 0.444 e. The molecule has 3 amide bonds. The van der Waals surface area contributed by atoms with Crippen molar-refractivity contribution in [3.63, 3.8) is 0 Å². The number of aliphatic hydroxyl groups is 1. The second kappa shape index (κ2) is 12.1. The average Bonchev–Trinajstić information content (AvgIpc) is 3.26. The molecular formula is C32H29N3O6. The number of anilines is 1. The number of nitrogens with two attached hydrogens (primary N) is 1. The molecule has 0 aliphatic carbocycles. The zero-order valence-corrected chi connectivity index (χ0v) is 22.1. The van der Waals surface area contributed by atoms with Gasteiger partial charge < -0.3 is 15.6 Å². The normalized spacial score (nSPS) is 13.8. The Kier molecular flexibility index (Phi) is 8.19. The van der Waals surface area contributed by atoms with Crippen molar-refractivity contribution in [2.75, 3.05) is 5.32 Å². The van der Waals surface area contributed by atoms with Crippen molar-refractivity contribution >= 4 is 40.2 Å². The number of hydrogen-bond acceptors (Lipinski definition) is 7. The molecule has 0 spiro atoms. The molecular weight excluding hydrogens is 522 g/mol. The van der Waals surface area contributed by atoms with Gasteiger partial charge >= 0.3 is 6.09 Å². The van der Waals surface area contributed by atoms with Crippen LogP contribution in [0.25, 0.3) is 10.8 Å². The van der Waals surface area contributed by atoms with Crippen LogP contribution in [0.2, 0.25) is 0 Å². The van der Waals surface area contributed by atoms with Crippen LogP contribution >= 0.6 is 0 Å². The molecule has 9 heteroatoms. The van der Waals surface area contributed by atoms with E-state index < -0.39 is 30.1 Å². The molecule has 1 unspecified atom stereocenters. The smallest absolute Gasteiger partial charge is 0.411 e. The number of Topliss-reactive ketones (excluding diaryl/α,β-unsaturated/α-hetero) is 1. The van der Waals surface area contributed by atoms with Gasteiger partial charge in [0.05, 0.1) is 29.0 Å². The van der Waals surface area contributed by atoms with Gasteiger partial charge in [0.15, 0.2) is 5.78 Å². The van der Waals surface area contributed by atoms with E-state index in [0.717, 1.165) is 21.9 Å². The van der Waals surface area contributed by atoms with E-state index >= 15 is 0 Å². The summed E-state index contributed by atoms with van der Waals surface area (Å²) in [5.41, 5.74) is 8.37. The lowest BCUT2D eigenvalue weighted by molar-refractivity contribution is -0.122. The number of aliphatic hydroxyl groups excluding tert-OH is 1. The minimum Gasteiger partial charge on any atom is -0.444 e. The minimum atomic E-state index is -1.15. The third kappa shape index (κ3) is 6.49. The van der Waals surface area contributed by atoms with Crippen molar-refractivity contribution in [3.8, 4) is 0 Å². The zero-order valence-electron chi connectivity index (χ0n) is 22.1. The number of ketones is 1. The number of nitrogens with one attached hydrogen (secondary N) is 2. The molecule has 0 fully saturated rings. The summed E-state index contributed by atoms with van der Waals surface area (Å²) < 4.78 is 5.29. The second-order valence-corrected chi connectivity index (χ2v) is 10.0. The van der Waals surface area contributed by atoms with E-state index in [0.29, 0.717) is 12.0 Å². The molecule has 0 aromatic heterocycles. The van der Waals surface area contributed by atoms with E-state index in [1.807, 2.05) is 60.7 Å².